The number of cyclic esters (lactones) is 2. The minimum absolute atomic E-state index is 0.0328. The first-order chi connectivity index (χ1) is 44.1. The zero-order valence-electron chi connectivity index (χ0n) is 56.5. The minimum atomic E-state index is -1.87. The maximum atomic E-state index is 15.7. The van der Waals surface area contributed by atoms with Crippen LogP contribution in [-0.4, -0.2) is 239 Å². The Morgan fingerprint density at radius 2 is 1.03 bits per heavy atom. The van der Waals surface area contributed by atoms with Crippen molar-refractivity contribution >= 4 is 94.1 Å². The van der Waals surface area contributed by atoms with Gasteiger partial charge in [-0.3, -0.25) is 47.9 Å². The first-order valence-electron chi connectivity index (χ1n) is 32.0. The molecule has 0 spiro atoms. The number of amides is 10. The molecule has 1 aromatic carbocycles. The van der Waals surface area contributed by atoms with Gasteiger partial charge in [0, 0.05) is 46.9 Å². The quantitative estimate of drug-likeness (QED) is 0.208. The van der Waals surface area contributed by atoms with Gasteiger partial charge >= 0.3 is 17.9 Å². The fraction of sp³-hybridized carbons (Fsp3) is 0.615. The maximum absolute atomic E-state index is 15.7. The molecule has 4 saturated heterocycles. The number of carbonyl (C=O) groups excluding carboxylic acids is 13. The molecule has 0 radical (unpaired) electrons. The Morgan fingerprint density at radius 3 is 1.47 bits per heavy atom. The lowest BCUT2D eigenvalue weighted by Gasteiger charge is -2.36. The number of fused-ring (bicyclic) bond motifs is 5. The number of benzene rings is 1. The Labute approximate surface area is 546 Å². The van der Waals surface area contributed by atoms with E-state index in [1.165, 1.54) is 80.7 Å². The van der Waals surface area contributed by atoms with Crippen molar-refractivity contribution < 1.29 is 81.3 Å². The molecule has 1 aliphatic carbocycles. The van der Waals surface area contributed by atoms with E-state index in [1.807, 2.05) is 0 Å². The monoisotopic (exact) mass is 1310 g/mol. The summed E-state index contributed by atoms with van der Waals surface area (Å²) in [6.45, 7) is 20.0. The highest BCUT2D eigenvalue weighted by Crippen LogP contribution is 2.45. The highest BCUT2D eigenvalue weighted by atomic mass is 16.6. The first kappa shape index (κ1) is 70.8. The van der Waals surface area contributed by atoms with Crippen LogP contribution in [-0.2, 0) is 71.7 Å². The summed E-state index contributed by atoms with van der Waals surface area (Å²) in [5.41, 5.74) is -1.03. The van der Waals surface area contributed by atoms with Crippen LogP contribution < -0.4 is 26.0 Å². The molecule has 29 nitrogen and oxygen atoms in total. The second-order valence-corrected chi connectivity index (χ2v) is 26.7. The van der Waals surface area contributed by atoms with Crippen LogP contribution in [0.3, 0.4) is 0 Å². The highest BCUT2D eigenvalue weighted by molar-refractivity contribution is 6.37. The molecule has 4 N–H and O–H groups in total. The summed E-state index contributed by atoms with van der Waals surface area (Å²) in [6, 6.07) is -7.83. The molecule has 11 unspecified atom stereocenters. The fourth-order valence-corrected chi connectivity index (χ4v) is 13.0. The lowest BCUT2D eigenvalue weighted by Crippen LogP contribution is -2.61. The van der Waals surface area contributed by atoms with E-state index in [4.69, 9.17) is 23.9 Å². The van der Waals surface area contributed by atoms with Gasteiger partial charge < -0.3 is 69.6 Å². The average molecular weight is 1310 g/mol. The smallest absolute Gasteiger partial charge is 0.353 e. The molecule has 6 heterocycles. The van der Waals surface area contributed by atoms with Crippen LogP contribution in [0.4, 0.5) is 5.69 Å². The summed E-state index contributed by atoms with van der Waals surface area (Å²) in [5.74, 6) is -12.9. The molecule has 10 amide bonds. The van der Waals surface area contributed by atoms with E-state index in [2.05, 4.69) is 26.3 Å². The first-order valence-corrected chi connectivity index (χ1v) is 32.0. The number of rotatable bonds is 8. The van der Waals surface area contributed by atoms with Gasteiger partial charge in [-0.25, -0.2) is 24.4 Å². The molecule has 8 rings (SSSR count). The second kappa shape index (κ2) is 28.3. The molecule has 29 heteroatoms. The largest absolute Gasteiger partial charge is 0.458 e. The zero-order valence-corrected chi connectivity index (χ0v) is 56.5. The predicted molar refractivity (Wildman–Crippen MR) is 337 cm³/mol. The molecule has 11 atom stereocenters. The maximum Gasteiger partial charge on any atom is 0.353 e. The van der Waals surface area contributed by atoms with Crippen molar-refractivity contribution in [3.8, 4) is 5.75 Å². The van der Waals surface area contributed by atoms with Crippen LogP contribution in [0, 0.1) is 30.6 Å². The van der Waals surface area contributed by atoms with Crippen LogP contribution in [0.1, 0.15) is 125 Å². The molecular weight excluding hydrogens is 1220 g/mol. The van der Waals surface area contributed by atoms with Gasteiger partial charge in [0.15, 0.2) is 17.6 Å². The molecule has 0 bridgehead atoms. The van der Waals surface area contributed by atoms with Crippen molar-refractivity contribution in [2.75, 3.05) is 54.4 Å². The normalized spacial score (nSPS) is 28.3. The predicted octanol–water partition coefficient (Wildman–Crippen LogP) is 1.01. The van der Waals surface area contributed by atoms with Gasteiger partial charge in [-0.1, -0.05) is 61.5 Å². The van der Waals surface area contributed by atoms with Gasteiger partial charge in [-0.2, -0.15) is 0 Å². The van der Waals surface area contributed by atoms with E-state index in [9.17, 15) is 47.9 Å². The third-order valence-corrected chi connectivity index (χ3v) is 18.4. The standard InChI is InChI=1S/C65H88N12O17/c1-28(2)43-61(86)76-24-18-20-38(76)59(84)72(14)26-40(78)74(16)50(30(5)6)64(89)91-35(12)45(57(82)68-43)70-55(80)37-23-22-32(9)52-47(37)67-49-42(48-54(33(10)53(49)93-52)94-63(88)34(11)66-48)56(81)71-46-36(13)92-65(90)51(31(7)8)75(17)41(79)27-73(15)60(85)39-21-19-25-77(39)62(87)44(29(3)4)69-58(46)83/h22-23,28-31,35-36,38-39,43-46,50-51,54H,18-21,24-27H2,1-17H3,(H,68,82)(H,69,83)(H,70,80)(H,71,81). The SMILES string of the molecule is CC1=NC2=C(C(=O)NC3C(=O)NC(C(C)C)C(=O)N4CCCC4C(=O)N(C)CC(=O)N(C)C(C(C)C)C(=O)OC3C)C3=Nc4c(C(=O)NC5C(=O)NC(C(C)C)C(=O)N6CCCC6C(=O)N(C)CC(=O)N(C)C(C(C)C)C(=O)OC5C)ccc(C)c4OC3=C(C)C2OC1=O. The van der Waals surface area contributed by atoms with Crippen LogP contribution in [0.2, 0.25) is 0 Å². The molecule has 6 aliphatic heterocycles. The van der Waals surface area contributed by atoms with Crippen molar-refractivity contribution in [1.29, 1.82) is 0 Å². The van der Waals surface area contributed by atoms with E-state index in [-0.39, 0.29) is 71.4 Å². The summed E-state index contributed by atoms with van der Waals surface area (Å²) in [5, 5.41) is 10.9. The number of hydrogen-bond acceptors (Lipinski definition) is 19. The fourth-order valence-electron chi connectivity index (χ4n) is 13.0. The number of likely N-dealkylation sites (N-methyl/N-ethyl adjacent to an activating group) is 4. The van der Waals surface area contributed by atoms with Crippen LogP contribution >= 0.6 is 0 Å². The minimum Gasteiger partial charge on any atom is -0.458 e. The molecular formula is C65H88N12O17. The summed E-state index contributed by atoms with van der Waals surface area (Å²) in [6.07, 6.45) is -3.05. The Bertz CT molecular complexity index is 3480. The van der Waals surface area contributed by atoms with Crippen molar-refractivity contribution in [3.63, 3.8) is 0 Å². The number of esters is 3. The second-order valence-electron chi connectivity index (χ2n) is 26.7. The van der Waals surface area contributed by atoms with Gasteiger partial charge in [0.1, 0.15) is 83.4 Å². The van der Waals surface area contributed by atoms with Crippen LogP contribution in [0.5, 0.6) is 5.75 Å². The molecule has 0 saturated carbocycles. The number of aliphatic imine (C=N–C) groups is 2. The number of nitrogens with one attached hydrogen (secondary N) is 4. The summed E-state index contributed by atoms with van der Waals surface area (Å²) in [7, 11) is 5.61. The number of allylic oxidation sites excluding steroid dienone is 1. The average Bonchev–Trinajstić information content (AvgIpc) is 0.853. The topological polar surface area (TPSA) is 351 Å². The number of hydrogen-bond donors (Lipinski definition) is 4. The summed E-state index contributed by atoms with van der Waals surface area (Å²) >= 11 is 0. The summed E-state index contributed by atoms with van der Waals surface area (Å²) in [4.78, 5) is 205. The number of aryl methyl sites for hydroxylation is 1. The van der Waals surface area contributed by atoms with E-state index in [0.717, 1.165) is 9.80 Å². The van der Waals surface area contributed by atoms with Gasteiger partial charge in [0.25, 0.3) is 11.8 Å². The molecule has 0 aromatic heterocycles. The zero-order chi connectivity index (χ0) is 69.5. The molecule has 1 aromatic rings. The third-order valence-electron chi connectivity index (χ3n) is 18.4. The van der Waals surface area contributed by atoms with Gasteiger partial charge in [0.2, 0.25) is 47.3 Å². The van der Waals surface area contributed by atoms with Crippen LogP contribution in [0.25, 0.3) is 0 Å². The number of nitrogens with zero attached hydrogens (tertiary/aromatic N) is 8. The summed E-state index contributed by atoms with van der Waals surface area (Å²) < 4.78 is 24.5. The number of carbonyl (C=O) groups is 13. The highest BCUT2D eigenvalue weighted by Gasteiger charge is 2.49. The third kappa shape index (κ3) is 13.9. The van der Waals surface area contributed by atoms with Gasteiger partial charge in [-0.15, -0.1) is 0 Å². The van der Waals surface area contributed by atoms with Gasteiger partial charge in [0.05, 0.1) is 24.2 Å². The Hall–Kier alpha value is -9.05. The number of ether oxygens (including phenoxy) is 4. The Kier molecular flexibility index (Phi) is 21.3. The molecule has 94 heavy (non-hydrogen) atoms. The van der Waals surface area contributed by atoms with Crippen molar-refractivity contribution in [1.82, 2.24) is 50.7 Å². The lowest BCUT2D eigenvalue weighted by atomic mass is 9.88. The Morgan fingerprint density at radius 1 is 0.585 bits per heavy atom. The van der Waals surface area contributed by atoms with Gasteiger partial charge in [-0.05, 0) is 95.6 Å². The van der Waals surface area contributed by atoms with Crippen molar-refractivity contribution in [2.45, 2.75) is 182 Å². The van der Waals surface area contributed by atoms with Crippen molar-refractivity contribution in [2.24, 2.45) is 33.7 Å². The lowest BCUT2D eigenvalue weighted by molar-refractivity contribution is -0.163. The van der Waals surface area contributed by atoms with E-state index < -0.39 is 186 Å². The molecule has 4 fully saturated rings. The van der Waals surface area contributed by atoms with E-state index >= 15 is 14.4 Å². The molecule has 7 aliphatic rings. The Balaban J connectivity index is 1.22. The van der Waals surface area contributed by atoms with Crippen LogP contribution in [0.15, 0.2) is 44.7 Å². The van der Waals surface area contributed by atoms with E-state index in [1.54, 1.807) is 69.2 Å². The van der Waals surface area contributed by atoms with Crippen molar-refractivity contribution in [3.05, 3.63) is 45.9 Å². The molecule has 510 valence electrons. The van der Waals surface area contributed by atoms with E-state index in [0.29, 0.717) is 18.4 Å².